The van der Waals surface area contributed by atoms with Gasteiger partial charge in [0.15, 0.2) is 0 Å². The topological polar surface area (TPSA) is 67.2 Å². The predicted octanol–water partition coefficient (Wildman–Crippen LogP) is 3.34. The highest BCUT2D eigenvalue weighted by Gasteiger charge is 2.14. The van der Waals surface area contributed by atoms with Gasteiger partial charge in [0, 0.05) is 24.9 Å². The maximum Gasteiger partial charge on any atom is 0.226 e. The van der Waals surface area contributed by atoms with E-state index >= 15 is 0 Å². The number of carbonyl (C=O) groups excluding carboxylic acids is 1. The summed E-state index contributed by atoms with van der Waals surface area (Å²) >= 11 is 0. The Kier molecular flexibility index (Phi) is 8.06. The molecule has 7 heteroatoms. The fraction of sp³-hybridized carbons (Fsp3) is 0.474. The molecule has 1 aliphatic heterocycles. The van der Waals surface area contributed by atoms with Crippen molar-refractivity contribution in [2.45, 2.75) is 32.1 Å². The minimum atomic E-state index is -0.289. The molecule has 1 fully saturated rings. The number of aromatic nitrogens is 1. The molecular formula is C19H25ClFN3O2. The van der Waals surface area contributed by atoms with Crippen LogP contribution in [-0.2, 0) is 11.2 Å². The van der Waals surface area contributed by atoms with Gasteiger partial charge in [-0.05, 0) is 62.5 Å². The Balaban J connectivity index is 0.00000243. The van der Waals surface area contributed by atoms with Crippen LogP contribution in [0.25, 0.3) is 11.5 Å². The fourth-order valence-corrected chi connectivity index (χ4v) is 3.07. The lowest BCUT2D eigenvalue weighted by atomic mass is 9.93. The van der Waals surface area contributed by atoms with Crippen LogP contribution in [0, 0.1) is 11.7 Å². The molecule has 1 aromatic carbocycles. The third-order valence-corrected chi connectivity index (χ3v) is 4.58. The molecule has 0 atom stereocenters. The number of hydrogen-bond acceptors (Lipinski definition) is 4. The highest BCUT2D eigenvalue weighted by Crippen LogP contribution is 2.19. The lowest BCUT2D eigenvalue weighted by molar-refractivity contribution is -0.121. The SMILES string of the molecule is Cl.O=C(CCC1CCNCC1)NCCc1coc(-c2ccc(F)cc2)n1. The minimum absolute atomic E-state index is 0. The molecule has 1 amide bonds. The van der Waals surface area contributed by atoms with Crippen molar-refractivity contribution in [2.24, 2.45) is 5.92 Å². The van der Waals surface area contributed by atoms with Crippen molar-refractivity contribution in [1.29, 1.82) is 0 Å². The maximum absolute atomic E-state index is 12.9. The van der Waals surface area contributed by atoms with Crippen molar-refractivity contribution in [3.05, 3.63) is 42.0 Å². The summed E-state index contributed by atoms with van der Waals surface area (Å²) in [6.45, 7) is 2.67. The van der Waals surface area contributed by atoms with Gasteiger partial charge in [-0.3, -0.25) is 4.79 Å². The van der Waals surface area contributed by atoms with Crippen molar-refractivity contribution in [2.75, 3.05) is 19.6 Å². The summed E-state index contributed by atoms with van der Waals surface area (Å²) in [6.07, 6.45) is 6.08. The van der Waals surface area contributed by atoms with E-state index in [0.29, 0.717) is 31.2 Å². The number of piperidine rings is 1. The first kappa shape index (κ1) is 20.4. The highest BCUT2D eigenvalue weighted by atomic mass is 35.5. The molecule has 1 aliphatic rings. The molecule has 2 aromatic rings. The molecule has 1 aromatic heterocycles. The third kappa shape index (κ3) is 6.11. The van der Waals surface area contributed by atoms with Gasteiger partial charge in [0.05, 0.1) is 5.69 Å². The zero-order valence-electron chi connectivity index (χ0n) is 14.7. The lowest BCUT2D eigenvalue weighted by Crippen LogP contribution is -2.30. The Morgan fingerprint density at radius 2 is 2.00 bits per heavy atom. The van der Waals surface area contributed by atoms with Gasteiger partial charge in [-0.2, -0.15) is 0 Å². The smallest absolute Gasteiger partial charge is 0.226 e. The Hall–Kier alpha value is -1.92. The van der Waals surface area contributed by atoms with Gasteiger partial charge in [-0.1, -0.05) is 0 Å². The van der Waals surface area contributed by atoms with Crippen molar-refractivity contribution < 1.29 is 13.6 Å². The van der Waals surface area contributed by atoms with Crippen LogP contribution in [0.3, 0.4) is 0 Å². The van der Waals surface area contributed by atoms with Gasteiger partial charge in [-0.15, -0.1) is 12.4 Å². The second-order valence-electron chi connectivity index (χ2n) is 6.48. The number of halogens is 2. The first-order chi connectivity index (χ1) is 12.2. The van der Waals surface area contributed by atoms with Crippen LogP contribution < -0.4 is 10.6 Å². The largest absolute Gasteiger partial charge is 0.444 e. The Bertz CT molecular complexity index is 684. The van der Waals surface area contributed by atoms with E-state index in [9.17, 15) is 9.18 Å². The predicted molar refractivity (Wildman–Crippen MR) is 101 cm³/mol. The van der Waals surface area contributed by atoms with Crippen molar-refractivity contribution >= 4 is 18.3 Å². The number of hydrogen-bond donors (Lipinski definition) is 2. The van der Waals surface area contributed by atoms with E-state index in [-0.39, 0.29) is 24.1 Å². The van der Waals surface area contributed by atoms with Crippen molar-refractivity contribution in [3.63, 3.8) is 0 Å². The lowest BCUT2D eigenvalue weighted by Gasteiger charge is -2.22. The third-order valence-electron chi connectivity index (χ3n) is 4.58. The number of carbonyl (C=O) groups is 1. The molecule has 5 nitrogen and oxygen atoms in total. The van der Waals surface area contributed by atoms with E-state index in [1.165, 1.54) is 25.0 Å². The van der Waals surface area contributed by atoms with Gasteiger partial charge in [0.2, 0.25) is 11.8 Å². The van der Waals surface area contributed by atoms with Gasteiger partial charge in [-0.25, -0.2) is 9.37 Å². The van der Waals surface area contributed by atoms with E-state index in [0.717, 1.165) is 30.8 Å². The average molecular weight is 382 g/mol. The average Bonchev–Trinajstić information content (AvgIpc) is 3.10. The molecule has 142 valence electrons. The number of benzene rings is 1. The van der Waals surface area contributed by atoms with E-state index in [4.69, 9.17) is 4.42 Å². The summed E-state index contributed by atoms with van der Waals surface area (Å²) in [6, 6.07) is 6.02. The van der Waals surface area contributed by atoms with Crippen molar-refractivity contribution in [1.82, 2.24) is 15.6 Å². The van der Waals surface area contributed by atoms with E-state index < -0.39 is 0 Å². The molecule has 0 radical (unpaired) electrons. The summed E-state index contributed by atoms with van der Waals surface area (Å²) in [7, 11) is 0. The van der Waals surface area contributed by atoms with E-state index in [2.05, 4.69) is 15.6 Å². The van der Waals surface area contributed by atoms with Crippen LogP contribution in [0.2, 0.25) is 0 Å². The number of oxazole rings is 1. The van der Waals surface area contributed by atoms with Crippen LogP contribution in [0.1, 0.15) is 31.4 Å². The molecule has 0 aliphatic carbocycles. The number of nitrogens with one attached hydrogen (secondary N) is 2. The fourth-order valence-electron chi connectivity index (χ4n) is 3.07. The number of nitrogens with zero attached hydrogens (tertiary/aromatic N) is 1. The van der Waals surface area contributed by atoms with Crippen LogP contribution in [0.5, 0.6) is 0 Å². The number of amides is 1. The zero-order chi connectivity index (χ0) is 17.5. The quantitative estimate of drug-likeness (QED) is 0.771. The summed E-state index contributed by atoms with van der Waals surface area (Å²) in [5, 5.41) is 6.28. The first-order valence-corrected chi connectivity index (χ1v) is 8.88. The maximum atomic E-state index is 12.9. The van der Waals surface area contributed by atoms with Crippen LogP contribution in [-0.4, -0.2) is 30.5 Å². The van der Waals surface area contributed by atoms with Crippen molar-refractivity contribution in [3.8, 4) is 11.5 Å². The second-order valence-corrected chi connectivity index (χ2v) is 6.48. The van der Waals surface area contributed by atoms with Gasteiger partial charge in [0.25, 0.3) is 0 Å². The summed E-state index contributed by atoms with van der Waals surface area (Å²) in [5.74, 6) is 0.941. The Morgan fingerprint density at radius 1 is 1.27 bits per heavy atom. The monoisotopic (exact) mass is 381 g/mol. The van der Waals surface area contributed by atoms with Crippen LogP contribution in [0.15, 0.2) is 34.9 Å². The van der Waals surface area contributed by atoms with E-state index in [1.54, 1.807) is 18.4 Å². The van der Waals surface area contributed by atoms with Gasteiger partial charge < -0.3 is 15.1 Å². The molecule has 0 bridgehead atoms. The standard InChI is InChI=1S/C19H24FN3O2.ClH/c20-16-4-2-15(3-5-16)19-23-17(13-25-19)9-12-22-18(24)6-1-14-7-10-21-11-8-14;/h2-5,13-14,21H,1,6-12H2,(H,22,24);1H. The molecule has 1 saturated heterocycles. The first-order valence-electron chi connectivity index (χ1n) is 8.88. The van der Waals surface area contributed by atoms with Crippen LogP contribution in [0.4, 0.5) is 4.39 Å². The molecule has 0 saturated carbocycles. The molecule has 2 N–H and O–H groups in total. The zero-order valence-corrected chi connectivity index (χ0v) is 15.5. The highest BCUT2D eigenvalue weighted by molar-refractivity contribution is 5.85. The molecule has 0 unspecified atom stereocenters. The molecule has 2 heterocycles. The van der Waals surface area contributed by atoms with Crippen LogP contribution >= 0.6 is 12.4 Å². The molecule has 0 spiro atoms. The minimum Gasteiger partial charge on any atom is -0.444 e. The second kappa shape index (κ2) is 10.3. The molecule has 3 rings (SSSR count). The summed E-state index contributed by atoms with van der Waals surface area (Å²) in [4.78, 5) is 16.3. The Morgan fingerprint density at radius 3 is 2.73 bits per heavy atom. The number of rotatable bonds is 7. The normalized spacial score (nSPS) is 14.7. The summed E-state index contributed by atoms with van der Waals surface area (Å²) in [5.41, 5.74) is 1.51. The van der Waals surface area contributed by atoms with Gasteiger partial charge in [0.1, 0.15) is 12.1 Å². The molecule has 26 heavy (non-hydrogen) atoms. The van der Waals surface area contributed by atoms with E-state index in [1.807, 2.05) is 0 Å². The Labute approximate surface area is 159 Å². The van der Waals surface area contributed by atoms with Gasteiger partial charge >= 0.3 is 0 Å². The summed E-state index contributed by atoms with van der Waals surface area (Å²) < 4.78 is 18.4. The molecular weight excluding hydrogens is 357 g/mol.